The van der Waals surface area contributed by atoms with Gasteiger partial charge >= 0.3 is 5.97 Å². The zero-order valence-electron chi connectivity index (χ0n) is 11.6. The quantitative estimate of drug-likeness (QED) is 0.572. The molecule has 0 saturated heterocycles. The van der Waals surface area contributed by atoms with Crippen LogP contribution in [0.4, 0.5) is 0 Å². The lowest BCUT2D eigenvalue weighted by molar-refractivity contribution is -0.152. The monoisotopic (exact) mass is 254 g/mol. The van der Waals surface area contributed by atoms with Crippen LogP contribution in [0.25, 0.3) is 0 Å². The van der Waals surface area contributed by atoms with Crippen LogP contribution in [0.15, 0.2) is 0 Å². The van der Waals surface area contributed by atoms with Crippen molar-refractivity contribution in [3.8, 4) is 0 Å². The Hall–Kier alpha value is -1.19. The van der Waals surface area contributed by atoms with Crippen molar-refractivity contribution in [1.82, 2.24) is 0 Å². The number of hydrogen-bond acceptors (Lipinski definition) is 4. The van der Waals surface area contributed by atoms with Gasteiger partial charge in [-0.1, -0.05) is 20.8 Å². The molecule has 0 aliphatic heterocycles. The van der Waals surface area contributed by atoms with Crippen molar-refractivity contribution >= 4 is 17.5 Å². The van der Waals surface area contributed by atoms with Gasteiger partial charge in [-0.25, -0.2) is 0 Å². The van der Waals surface area contributed by atoms with Crippen molar-refractivity contribution in [3.05, 3.63) is 0 Å². The minimum absolute atomic E-state index is 0.0320. The molecule has 1 aliphatic carbocycles. The zero-order valence-corrected chi connectivity index (χ0v) is 11.6. The number of carbonyl (C=O) groups excluding carboxylic acids is 3. The molecule has 4 heteroatoms. The highest BCUT2D eigenvalue weighted by Gasteiger charge is 2.40. The number of Topliss-reactive ketones (excluding diaryl/α,β-unsaturated/α-hetero) is 2. The second-order valence-electron chi connectivity index (χ2n) is 5.86. The average molecular weight is 254 g/mol. The summed E-state index contributed by atoms with van der Waals surface area (Å²) in [5, 5.41) is 0. The molecule has 102 valence electrons. The number of ether oxygens (including phenoxy) is 1. The fourth-order valence-corrected chi connectivity index (χ4v) is 2.27. The molecule has 1 rings (SSSR count). The van der Waals surface area contributed by atoms with Gasteiger partial charge in [0.15, 0.2) is 0 Å². The van der Waals surface area contributed by atoms with E-state index < -0.39 is 11.3 Å². The molecule has 0 radical (unpaired) electrons. The Morgan fingerprint density at radius 1 is 1.33 bits per heavy atom. The normalized spacial score (nSPS) is 24.8. The molecule has 18 heavy (non-hydrogen) atoms. The fraction of sp³-hybridized carbons (Fsp3) is 0.786. The predicted molar refractivity (Wildman–Crippen MR) is 66.9 cm³/mol. The summed E-state index contributed by atoms with van der Waals surface area (Å²) >= 11 is 0. The van der Waals surface area contributed by atoms with Crippen LogP contribution in [0.2, 0.25) is 0 Å². The van der Waals surface area contributed by atoms with Gasteiger partial charge in [-0.05, 0) is 19.8 Å². The molecule has 0 N–H and O–H groups in total. The lowest BCUT2D eigenvalue weighted by Crippen LogP contribution is -2.39. The van der Waals surface area contributed by atoms with Crippen LogP contribution < -0.4 is 0 Å². The van der Waals surface area contributed by atoms with Gasteiger partial charge < -0.3 is 4.74 Å². The summed E-state index contributed by atoms with van der Waals surface area (Å²) in [5.74, 6) is -1.32. The highest BCUT2D eigenvalue weighted by Crippen LogP contribution is 2.32. The van der Waals surface area contributed by atoms with Crippen LogP contribution >= 0.6 is 0 Å². The third-order valence-electron chi connectivity index (χ3n) is 3.32. The molecule has 0 heterocycles. The second kappa shape index (κ2) is 5.63. The summed E-state index contributed by atoms with van der Waals surface area (Å²) < 4.78 is 4.97. The maximum absolute atomic E-state index is 12.2. The first kappa shape index (κ1) is 14.9. The summed E-state index contributed by atoms with van der Waals surface area (Å²) in [7, 11) is 0. The molecule has 0 aromatic heterocycles. The molecule has 0 aromatic carbocycles. The first-order valence-electron chi connectivity index (χ1n) is 6.51. The van der Waals surface area contributed by atoms with E-state index in [4.69, 9.17) is 4.74 Å². The van der Waals surface area contributed by atoms with Gasteiger partial charge in [0.25, 0.3) is 0 Å². The first-order valence-corrected chi connectivity index (χ1v) is 6.51. The lowest BCUT2D eigenvalue weighted by Gasteiger charge is -2.30. The zero-order chi connectivity index (χ0) is 13.9. The third kappa shape index (κ3) is 3.40. The number of rotatable bonds is 3. The summed E-state index contributed by atoms with van der Waals surface area (Å²) in [5.41, 5.74) is -0.545. The Balaban J connectivity index is 2.76. The summed E-state index contributed by atoms with van der Waals surface area (Å²) in [6.45, 7) is 7.49. The van der Waals surface area contributed by atoms with Crippen LogP contribution in [-0.2, 0) is 19.1 Å². The van der Waals surface area contributed by atoms with E-state index in [0.29, 0.717) is 25.9 Å². The Bertz CT molecular complexity index is 351. The molecule has 2 unspecified atom stereocenters. The summed E-state index contributed by atoms with van der Waals surface area (Å²) in [4.78, 5) is 35.7. The molecule has 0 spiro atoms. The highest BCUT2D eigenvalue weighted by molar-refractivity contribution is 6.05. The van der Waals surface area contributed by atoms with Crippen molar-refractivity contribution in [2.75, 3.05) is 6.61 Å². The Morgan fingerprint density at radius 2 is 1.94 bits per heavy atom. The van der Waals surface area contributed by atoms with Crippen molar-refractivity contribution in [2.45, 2.75) is 47.0 Å². The van der Waals surface area contributed by atoms with E-state index in [0.717, 1.165) is 0 Å². The molecule has 4 nitrogen and oxygen atoms in total. The smallest absolute Gasteiger partial charge is 0.308 e. The van der Waals surface area contributed by atoms with E-state index in [2.05, 4.69) is 0 Å². The minimum Gasteiger partial charge on any atom is -0.466 e. The standard InChI is InChI=1S/C14H22O4/c1-5-18-13(17)9-6-7-11(15)10(8-9)12(16)14(2,3)4/h9-10H,5-8H2,1-4H3. The van der Waals surface area contributed by atoms with Gasteiger partial charge in [-0.3, -0.25) is 14.4 Å². The fourth-order valence-electron chi connectivity index (χ4n) is 2.27. The van der Waals surface area contributed by atoms with Crippen molar-refractivity contribution in [1.29, 1.82) is 0 Å². The number of hydrogen-bond donors (Lipinski definition) is 0. The molecule has 1 aliphatic rings. The number of ketones is 2. The van der Waals surface area contributed by atoms with Crippen molar-refractivity contribution < 1.29 is 19.1 Å². The Morgan fingerprint density at radius 3 is 2.44 bits per heavy atom. The highest BCUT2D eigenvalue weighted by atomic mass is 16.5. The van der Waals surface area contributed by atoms with E-state index in [1.54, 1.807) is 27.7 Å². The van der Waals surface area contributed by atoms with Crippen LogP contribution in [0.3, 0.4) is 0 Å². The molecular weight excluding hydrogens is 232 g/mol. The molecule has 2 atom stereocenters. The van der Waals surface area contributed by atoms with Gasteiger partial charge in [0.2, 0.25) is 0 Å². The van der Waals surface area contributed by atoms with Crippen LogP contribution in [-0.4, -0.2) is 24.1 Å². The molecule has 1 fully saturated rings. The van der Waals surface area contributed by atoms with Crippen LogP contribution in [0.5, 0.6) is 0 Å². The van der Waals surface area contributed by atoms with Gasteiger partial charge in [0.1, 0.15) is 11.6 Å². The maximum Gasteiger partial charge on any atom is 0.308 e. The van der Waals surface area contributed by atoms with Crippen molar-refractivity contribution in [2.24, 2.45) is 17.3 Å². The molecule has 0 amide bonds. The topological polar surface area (TPSA) is 60.4 Å². The van der Waals surface area contributed by atoms with E-state index in [-0.39, 0.29) is 23.5 Å². The Kier molecular flexibility index (Phi) is 4.65. The minimum atomic E-state index is -0.631. The third-order valence-corrected chi connectivity index (χ3v) is 3.32. The van der Waals surface area contributed by atoms with Crippen molar-refractivity contribution in [3.63, 3.8) is 0 Å². The predicted octanol–water partition coefficient (Wildman–Crippen LogP) is 2.15. The van der Waals surface area contributed by atoms with Gasteiger partial charge in [-0.15, -0.1) is 0 Å². The number of carbonyl (C=O) groups is 3. The first-order chi connectivity index (χ1) is 8.27. The van der Waals surface area contributed by atoms with Crippen LogP contribution in [0, 0.1) is 17.3 Å². The summed E-state index contributed by atoms with van der Waals surface area (Å²) in [6.07, 6.45) is 1.12. The van der Waals surface area contributed by atoms with Gasteiger partial charge in [0.05, 0.1) is 18.4 Å². The molecule has 1 saturated carbocycles. The van der Waals surface area contributed by atoms with E-state index in [9.17, 15) is 14.4 Å². The van der Waals surface area contributed by atoms with E-state index in [1.165, 1.54) is 0 Å². The molecule has 0 aromatic rings. The largest absolute Gasteiger partial charge is 0.466 e. The maximum atomic E-state index is 12.2. The second-order valence-corrected chi connectivity index (χ2v) is 5.86. The molecule has 0 bridgehead atoms. The molecular formula is C14H22O4. The Labute approximate surface area is 108 Å². The SMILES string of the molecule is CCOC(=O)C1CCC(=O)C(C(=O)C(C)(C)C)C1. The summed E-state index contributed by atoms with van der Waals surface area (Å²) in [6, 6.07) is 0. The van der Waals surface area contributed by atoms with E-state index >= 15 is 0 Å². The van der Waals surface area contributed by atoms with Gasteiger partial charge in [0, 0.05) is 11.8 Å². The van der Waals surface area contributed by atoms with Crippen LogP contribution in [0.1, 0.15) is 47.0 Å². The van der Waals surface area contributed by atoms with E-state index in [1.807, 2.05) is 0 Å². The lowest BCUT2D eigenvalue weighted by atomic mass is 9.72. The average Bonchev–Trinajstić information content (AvgIpc) is 2.27. The van der Waals surface area contributed by atoms with Gasteiger partial charge in [-0.2, -0.15) is 0 Å². The number of esters is 1.